The number of Topliss-reactive ketones (excluding diaryl/α,β-unsaturated/α-hetero) is 1. The molecule has 1 heterocycles. The summed E-state index contributed by atoms with van der Waals surface area (Å²) in [5, 5.41) is 0. The van der Waals surface area contributed by atoms with Gasteiger partial charge in [0.1, 0.15) is 11.6 Å². The first-order chi connectivity index (χ1) is 9.72. The van der Waals surface area contributed by atoms with Crippen molar-refractivity contribution in [3.63, 3.8) is 0 Å². The third kappa shape index (κ3) is 3.65. The van der Waals surface area contributed by atoms with Crippen LogP contribution in [0.3, 0.4) is 0 Å². The molecule has 5 nitrogen and oxygen atoms in total. The molecule has 0 spiro atoms. The van der Waals surface area contributed by atoms with Crippen LogP contribution in [-0.2, 0) is 27.7 Å². The summed E-state index contributed by atoms with van der Waals surface area (Å²) in [7, 11) is 3.56. The lowest BCUT2D eigenvalue weighted by atomic mass is 10.2. The lowest BCUT2D eigenvalue weighted by Crippen LogP contribution is -2.12. The molecule has 0 atom stereocenters. The van der Waals surface area contributed by atoms with Crippen molar-refractivity contribution >= 4 is 16.8 Å². The van der Waals surface area contributed by atoms with Gasteiger partial charge in [-0.05, 0) is 12.1 Å². The first-order valence-corrected chi connectivity index (χ1v) is 6.71. The van der Waals surface area contributed by atoms with Gasteiger partial charge in [-0.2, -0.15) is 0 Å². The van der Waals surface area contributed by atoms with Crippen LogP contribution in [0, 0.1) is 0 Å². The highest BCUT2D eigenvalue weighted by Crippen LogP contribution is 2.14. The van der Waals surface area contributed by atoms with E-state index in [1.807, 2.05) is 35.9 Å². The smallest absolute Gasteiger partial charge is 0.142 e. The number of para-hydroxylation sites is 2. The van der Waals surface area contributed by atoms with Crippen molar-refractivity contribution in [2.24, 2.45) is 7.05 Å². The van der Waals surface area contributed by atoms with Crippen LogP contribution < -0.4 is 0 Å². The summed E-state index contributed by atoms with van der Waals surface area (Å²) >= 11 is 0. The molecule has 108 valence electrons. The molecule has 20 heavy (non-hydrogen) atoms. The maximum Gasteiger partial charge on any atom is 0.142 e. The molecule has 2 rings (SSSR count). The summed E-state index contributed by atoms with van der Waals surface area (Å²) in [4.78, 5) is 16.4. The summed E-state index contributed by atoms with van der Waals surface area (Å²) in [6, 6.07) is 7.88. The minimum atomic E-state index is 0.140. The second kappa shape index (κ2) is 7.17. The molecule has 0 aliphatic carbocycles. The molecular weight excluding hydrogens is 256 g/mol. The Morgan fingerprint density at radius 3 is 2.80 bits per heavy atom. The normalized spacial score (nSPS) is 11.1. The number of methoxy groups -OCH3 is 1. The largest absolute Gasteiger partial charge is 0.382 e. The van der Waals surface area contributed by atoms with E-state index in [9.17, 15) is 4.79 Å². The van der Waals surface area contributed by atoms with Gasteiger partial charge in [-0.15, -0.1) is 0 Å². The van der Waals surface area contributed by atoms with Crippen LogP contribution in [-0.4, -0.2) is 42.3 Å². The number of hydrogen-bond donors (Lipinski definition) is 0. The van der Waals surface area contributed by atoms with Crippen LogP contribution in [0.1, 0.15) is 12.2 Å². The van der Waals surface area contributed by atoms with Crippen molar-refractivity contribution in [2.75, 3.05) is 26.9 Å². The molecule has 1 aromatic carbocycles. The van der Waals surface area contributed by atoms with Gasteiger partial charge in [0.15, 0.2) is 0 Å². The molecule has 2 aromatic rings. The molecule has 0 bridgehead atoms. The van der Waals surface area contributed by atoms with E-state index < -0.39 is 0 Å². The second-order valence-electron chi connectivity index (χ2n) is 4.65. The van der Waals surface area contributed by atoms with Crippen LogP contribution >= 0.6 is 0 Å². The third-order valence-corrected chi connectivity index (χ3v) is 3.19. The van der Waals surface area contributed by atoms with Crippen molar-refractivity contribution in [3.05, 3.63) is 30.1 Å². The molecule has 0 aliphatic rings. The number of aryl methyl sites for hydroxylation is 1. The molecule has 0 aliphatic heterocycles. The van der Waals surface area contributed by atoms with E-state index in [0.29, 0.717) is 32.7 Å². The number of nitrogens with zero attached hydrogens (tertiary/aromatic N) is 2. The maximum absolute atomic E-state index is 11.9. The van der Waals surface area contributed by atoms with Crippen LogP contribution in [0.25, 0.3) is 11.0 Å². The van der Waals surface area contributed by atoms with Gasteiger partial charge < -0.3 is 14.0 Å². The predicted molar refractivity (Wildman–Crippen MR) is 76.7 cm³/mol. The van der Waals surface area contributed by atoms with E-state index in [2.05, 4.69) is 4.98 Å². The monoisotopic (exact) mass is 276 g/mol. The van der Waals surface area contributed by atoms with Crippen LogP contribution in [0.15, 0.2) is 24.3 Å². The lowest BCUT2D eigenvalue weighted by Gasteiger charge is -2.04. The molecule has 0 saturated carbocycles. The lowest BCUT2D eigenvalue weighted by molar-refractivity contribution is -0.119. The van der Waals surface area contributed by atoms with Gasteiger partial charge in [0.2, 0.25) is 0 Å². The summed E-state index contributed by atoms with van der Waals surface area (Å²) < 4.78 is 12.1. The van der Waals surface area contributed by atoms with Crippen LogP contribution in [0.5, 0.6) is 0 Å². The maximum atomic E-state index is 11.9. The Morgan fingerprint density at radius 2 is 2.05 bits per heavy atom. The highest BCUT2D eigenvalue weighted by atomic mass is 16.5. The minimum absolute atomic E-state index is 0.140. The highest BCUT2D eigenvalue weighted by Gasteiger charge is 2.11. The fourth-order valence-corrected chi connectivity index (χ4v) is 2.05. The van der Waals surface area contributed by atoms with E-state index in [1.54, 1.807) is 7.11 Å². The number of benzene rings is 1. The molecule has 0 amide bonds. The Kier molecular flexibility index (Phi) is 5.26. The van der Waals surface area contributed by atoms with Gasteiger partial charge in [0, 0.05) is 20.6 Å². The Balaban J connectivity index is 1.88. The fraction of sp³-hybridized carbons (Fsp3) is 0.467. The zero-order valence-electron chi connectivity index (χ0n) is 12.0. The quantitative estimate of drug-likeness (QED) is 0.689. The number of carbonyl (C=O) groups excluding carboxylic acids is 1. The Bertz CT molecular complexity index is 578. The molecule has 5 heteroatoms. The topological polar surface area (TPSA) is 53.4 Å². The number of aromatic nitrogens is 2. The zero-order valence-corrected chi connectivity index (χ0v) is 12.0. The number of rotatable bonds is 8. The number of fused-ring (bicyclic) bond motifs is 1. The van der Waals surface area contributed by atoms with E-state index in [1.165, 1.54) is 0 Å². The van der Waals surface area contributed by atoms with Crippen LogP contribution in [0.2, 0.25) is 0 Å². The van der Waals surface area contributed by atoms with Gasteiger partial charge in [0.25, 0.3) is 0 Å². The van der Waals surface area contributed by atoms with Gasteiger partial charge in [-0.3, -0.25) is 4.79 Å². The van der Waals surface area contributed by atoms with Crippen molar-refractivity contribution in [1.82, 2.24) is 9.55 Å². The summed E-state index contributed by atoms with van der Waals surface area (Å²) in [6.07, 6.45) is 0.756. The van der Waals surface area contributed by atoms with E-state index in [0.717, 1.165) is 16.9 Å². The highest BCUT2D eigenvalue weighted by molar-refractivity contribution is 5.82. The molecule has 0 saturated heterocycles. The van der Waals surface area contributed by atoms with E-state index in [-0.39, 0.29) is 5.78 Å². The molecule has 0 fully saturated rings. The van der Waals surface area contributed by atoms with Crippen LogP contribution in [0.4, 0.5) is 0 Å². The Morgan fingerprint density at radius 1 is 1.25 bits per heavy atom. The Labute approximate surface area is 118 Å². The van der Waals surface area contributed by atoms with E-state index >= 15 is 0 Å². The summed E-state index contributed by atoms with van der Waals surface area (Å²) in [5.74, 6) is 0.939. The minimum Gasteiger partial charge on any atom is -0.382 e. The van der Waals surface area contributed by atoms with Gasteiger partial charge in [0.05, 0.1) is 37.3 Å². The van der Waals surface area contributed by atoms with Crippen molar-refractivity contribution in [1.29, 1.82) is 0 Å². The SMILES string of the molecule is COCCOCCC(=O)Cc1nc2ccccc2n1C. The number of imidazole rings is 1. The van der Waals surface area contributed by atoms with Crippen molar-refractivity contribution < 1.29 is 14.3 Å². The molecule has 0 unspecified atom stereocenters. The summed E-state index contributed by atoms with van der Waals surface area (Å²) in [5.41, 5.74) is 1.97. The molecular formula is C15H20N2O3. The Hall–Kier alpha value is -1.72. The van der Waals surface area contributed by atoms with Gasteiger partial charge in [-0.25, -0.2) is 4.98 Å². The first kappa shape index (κ1) is 14.7. The molecule has 1 aromatic heterocycles. The van der Waals surface area contributed by atoms with Crippen molar-refractivity contribution in [2.45, 2.75) is 12.8 Å². The molecule has 0 radical (unpaired) electrons. The standard InChI is InChI=1S/C15H20N2O3/c1-17-14-6-4-3-5-13(14)16-15(17)11-12(18)7-8-20-10-9-19-2/h3-6H,7-11H2,1-2H3. The van der Waals surface area contributed by atoms with Gasteiger partial charge in [-0.1, -0.05) is 12.1 Å². The average molecular weight is 276 g/mol. The number of ether oxygens (including phenoxy) is 2. The predicted octanol–water partition coefficient (Wildman–Crippen LogP) is 1.74. The number of ketones is 1. The zero-order chi connectivity index (χ0) is 14.4. The van der Waals surface area contributed by atoms with Crippen molar-refractivity contribution in [3.8, 4) is 0 Å². The second-order valence-corrected chi connectivity index (χ2v) is 4.65. The fourth-order valence-electron chi connectivity index (χ4n) is 2.05. The third-order valence-electron chi connectivity index (χ3n) is 3.19. The average Bonchev–Trinajstić information content (AvgIpc) is 2.76. The summed E-state index contributed by atoms with van der Waals surface area (Å²) in [6.45, 7) is 1.52. The number of hydrogen-bond acceptors (Lipinski definition) is 4. The number of carbonyl (C=O) groups is 1. The first-order valence-electron chi connectivity index (χ1n) is 6.71. The molecule has 0 N–H and O–H groups in total. The van der Waals surface area contributed by atoms with E-state index in [4.69, 9.17) is 9.47 Å². The van der Waals surface area contributed by atoms with Gasteiger partial charge >= 0.3 is 0 Å².